The fourth-order valence-corrected chi connectivity index (χ4v) is 4.13. The number of carbonyl (C=O) groups excluding carboxylic acids is 2. The molecule has 2 rings (SSSR count). The number of ether oxygens (including phenoxy) is 1. The Morgan fingerprint density at radius 2 is 1.89 bits per heavy atom. The van der Waals surface area contributed by atoms with Gasteiger partial charge in [0, 0.05) is 12.0 Å². The van der Waals surface area contributed by atoms with Crippen molar-refractivity contribution in [1.29, 1.82) is 0 Å². The van der Waals surface area contributed by atoms with Crippen molar-refractivity contribution in [3.05, 3.63) is 0 Å². The van der Waals surface area contributed by atoms with E-state index >= 15 is 0 Å². The third kappa shape index (κ3) is 2.77. The molecule has 1 saturated heterocycles. The molecule has 0 aromatic carbocycles. The fraction of sp³-hybridized carbons (Fsp3) is 0.833. The summed E-state index contributed by atoms with van der Waals surface area (Å²) in [6.45, 7) is 5.61. The minimum atomic E-state index is -1.23. The Labute approximate surface area is 128 Å². The molecule has 1 spiro atoms. The highest BCUT2D eigenvalue weighted by atomic mass is 79.9. The first-order valence-corrected chi connectivity index (χ1v) is 7.64. The minimum absolute atomic E-state index is 0.241. The van der Waals surface area contributed by atoms with Crippen LogP contribution in [0.5, 0.6) is 0 Å². The van der Waals surface area contributed by atoms with Crippen molar-refractivity contribution in [3.8, 4) is 0 Å². The Morgan fingerprint density at radius 3 is 2.26 bits per heavy atom. The highest BCUT2D eigenvalue weighted by Gasteiger charge is 2.70. The SMILES string of the molecule is CC(C)(C)OC(=O)N1CC2(C[C@H]1C(=O)[O-])CC2(Br)Br. The highest BCUT2D eigenvalue weighted by molar-refractivity contribution is 9.25. The molecule has 0 radical (unpaired) electrons. The van der Waals surface area contributed by atoms with E-state index in [2.05, 4.69) is 31.9 Å². The van der Waals surface area contributed by atoms with Crippen LogP contribution in [-0.2, 0) is 9.53 Å². The van der Waals surface area contributed by atoms with Crippen molar-refractivity contribution < 1.29 is 19.4 Å². The number of carboxylic acid groups (broad SMARTS) is 1. The maximum absolute atomic E-state index is 12.1. The van der Waals surface area contributed by atoms with Crippen LogP contribution in [0.25, 0.3) is 0 Å². The predicted octanol–water partition coefficient (Wildman–Crippen LogP) is 1.62. The van der Waals surface area contributed by atoms with E-state index in [0.29, 0.717) is 13.0 Å². The smallest absolute Gasteiger partial charge is 0.410 e. The summed E-state index contributed by atoms with van der Waals surface area (Å²) < 4.78 is 4.98. The number of rotatable bonds is 1. The Balaban J connectivity index is 2.15. The highest BCUT2D eigenvalue weighted by Crippen LogP contribution is 2.71. The molecule has 0 bridgehead atoms. The molecular weight excluding hydrogens is 382 g/mol. The molecule has 1 amide bonds. The Hall–Kier alpha value is -0.300. The van der Waals surface area contributed by atoms with Gasteiger partial charge in [0.15, 0.2) is 0 Å². The zero-order valence-corrected chi connectivity index (χ0v) is 14.2. The van der Waals surface area contributed by atoms with Gasteiger partial charge in [0.05, 0.1) is 15.2 Å². The lowest BCUT2D eigenvalue weighted by atomic mass is 10.0. The summed E-state index contributed by atoms with van der Waals surface area (Å²) in [5.41, 5.74) is -0.887. The van der Waals surface area contributed by atoms with Crippen molar-refractivity contribution in [3.63, 3.8) is 0 Å². The number of nitrogens with zero attached hydrogens (tertiary/aromatic N) is 1. The van der Waals surface area contributed by atoms with Gasteiger partial charge in [-0.1, -0.05) is 31.9 Å². The third-order valence-electron chi connectivity index (χ3n) is 3.54. The summed E-state index contributed by atoms with van der Waals surface area (Å²) in [6, 6.07) is -0.924. The molecule has 1 unspecified atom stereocenters. The summed E-state index contributed by atoms with van der Waals surface area (Å²) in [5, 5.41) is 11.2. The molecule has 7 heteroatoms. The average molecular weight is 398 g/mol. The largest absolute Gasteiger partial charge is 0.548 e. The van der Waals surface area contributed by atoms with Crippen molar-refractivity contribution >= 4 is 43.9 Å². The molecule has 1 aliphatic carbocycles. The number of hydrogen-bond donors (Lipinski definition) is 0. The lowest BCUT2D eigenvalue weighted by Crippen LogP contribution is -2.48. The van der Waals surface area contributed by atoms with E-state index in [4.69, 9.17) is 4.74 Å². The molecular formula is C12H16Br2NO4-. The van der Waals surface area contributed by atoms with E-state index in [9.17, 15) is 14.7 Å². The van der Waals surface area contributed by atoms with Gasteiger partial charge < -0.3 is 14.6 Å². The van der Waals surface area contributed by atoms with Crippen molar-refractivity contribution in [2.75, 3.05) is 6.54 Å². The monoisotopic (exact) mass is 396 g/mol. The van der Waals surface area contributed by atoms with Crippen LogP contribution in [0.3, 0.4) is 0 Å². The van der Waals surface area contributed by atoms with E-state index < -0.39 is 23.7 Å². The van der Waals surface area contributed by atoms with Crippen LogP contribution in [-0.4, -0.2) is 38.4 Å². The number of carboxylic acids is 1. The first-order valence-electron chi connectivity index (χ1n) is 6.06. The van der Waals surface area contributed by atoms with Crippen LogP contribution in [0.15, 0.2) is 0 Å². The lowest BCUT2D eigenvalue weighted by molar-refractivity contribution is -0.310. The first kappa shape index (κ1) is 15.1. The van der Waals surface area contributed by atoms with Crippen LogP contribution in [0, 0.1) is 5.41 Å². The van der Waals surface area contributed by atoms with Gasteiger partial charge in [-0.2, -0.15) is 0 Å². The van der Waals surface area contributed by atoms with E-state index in [1.807, 2.05) is 0 Å². The number of halogens is 2. The second-order valence-corrected chi connectivity index (χ2v) is 10.1. The molecule has 1 saturated carbocycles. The summed E-state index contributed by atoms with van der Waals surface area (Å²) >= 11 is 7.02. The van der Waals surface area contributed by atoms with Crippen LogP contribution in [0.4, 0.5) is 4.79 Å². The van der Waals surface area contributed by atoms with Gasteiger partial charge >= 0.3 is 6.09 Å². The molecule has 1 heterocycles. The van der Waals surface area contributed by atoms with Crippen LogP contribution in [0.2, 0.25) is 0 Å². The normalized spacial score (nSPS) is 32.5. The average Bonchev–Trinajstić information content (AvgIpc) is 2.55. The van der Waals surface area contributed by atoms with Gasteiger partial charge in [-0.05, 0) is 33.6 Å². The predicted molar refractivity (Wildman–Crippen MR) is 74.0 cm³/mol. The van der Waals surface area contributed by atoms with E-state index in [1.165, 1.54) is 4.90 Å². The zero-order chi connectivity index (χ0) is 14.6. The van der Waals surface area contributed by atoms with Gasteiger partial charge in [0.2, 0.25) is 0 Å². The molecule has 2 atom stereocenters. The number of amides is 1. The quantitative estimate of drug-likeness (QED) is 0.630. The zero-order valence-electron chi connectivity index (χ0n) is 11.0. The summed E-state index contributed by atoms with van der Waals surface area (Å²) in [5.74, 6) is -1.23. The van der Waals surface area contributed by atoms with E-state index in [-0.39, 0.29) is 8.65 Å². The van der Waals surface area contributed by atoms with Crippen molar-refractivity contribution in [2.24, 2.45) is 5.41 Å². The van der Waals surface area contributed by atoms with Gasteiger partial charge in [0.25, 0.3) is 0 Å². The summed E-state index contributed by atoms with van der Waals surface area (Å²) in [7, 11) is 0. The number of alkyl halides is 2. The van der Waals surface area contributed by atoms with Crippen LogP contribution >= 0.6 is 31.9 Å². The molecule has 0 N–H and O–H groups in total. The van der Waals surface area contributed by atoms with Gasteiger partial charge in [0.1, 0.15) is 5.60 Å². The first-order chi connectivity index (χ1) is 8.47. The second kappa shape index (κ2) is 4.35. The molecule has 0 aromatic heterocycles. The van der Waals surface area contributed by atoms with Crippen LogP contribution in [0.1, 0.15) is 33.6 Å². The van der Waals surface area contributed by atoms with Crippen molar-refractivity contribution in [1.82, 2.24) is 4.90 Å². The summed E-state index contributed by atoms with van der Waals surface area (Å²) in [6.07, 6.45) is 0.565. The Kier molecular flexibility index (Phi) is 3.45. The Morgan fingerprint density at radius 1 is 1.37 bits per heavy atom. The number of aliphatic carboxylic acids is 1. The topological polar surface area (TPSA) is 69.7 Å². The summed E-state index contributed by atoms with van der Waals surface area (Å²) in [4.78, 5) is 24.6. The van der Waals surface area contributed by atoms with Gasteiger partial charge in [-0.25, -0.2) is 4.79 Å². The van der Waals surface area contributed by atoms with Gasteiger partial charge in [-0.3, -0.25) is 4.90 Å². The molecule has 5 nitrogen and oxygen atoms in total. The lowest BCUT2D eigenvalue weighted by Gasteiger charge is -2.28. The van der Waals surface area contributed by atoms with E-state index in [0.717, 1.165) is 6.42 Å². The molecule has 108 valence electrons. The molecule has 19 heavy (non-hydrogen) atoms. The third-order valence-corrected chi connectivity index (χ3v) is 5.79. The molecule has 2 fully saturated rings. The standard InChI is InChI=1S/C12H17Br2NO4/c1-10(2,3)19-9(18)15-6-11(5-12(11,13)14)4-7(15)8(16)17/h7H,4-6H2,1-3H3,(H,16,17)/p-1/t7-,11?/m0/s1. The molecule has 2 aliphatic rings. The van der Waals surface area contributed by atoms with Gasteiger partial charge in [-0.15, -0.1) is 0 Å². The maximum atomic E-state index is 12.1. The molecule has 0 aromatic rings. The van der Waals surface area contributed by atoms with E-state index in [1.54, 1.807) is 20.8 Å². The number of carbonyl (C=O) groups is 2. The second-order valence-electron chi connectivity index (χ2n) is 6.31. The Bertz CT molecular complexity index is 432. The number of hydrogen-bond acceptors (Lipinski definition) is 4. The minimum Gasteiger partial charge on any atom is -0.548 e. The molecule has 1 aliphatic heterocycles. The van der Waals surface area contributed by atoms with Crippen molar-refractivity contribution in [2.45, 2.75) is 48.5 Å². The number of likely N-dealkylation sites (tertiary alicyclic amines) is 1. The maximum Gasteiger partial charge on any atom is 0.410 e. The van der Waals surface area contributed by atoms with Crippen LogP contribution < -0.4 is 5.11 Å². The fourth-order valence-electron chi connectivity index (χ4n) is 2.48.